The highest BCUT2D eigenvalue weighted by atomic mass is 32.1. The summed E-state index contributed by atoms with van der Waals surface area (Å²) < 4.78 is 0. The maximum Gasteiger partial charge on any atom is 0.223 e. The van der Waals surface area contributed by atoms with Crippen LogP contribution in [0.2, 0.25) is 0 Å². The third-order valence-electron chi connectivity index (χ3n) is 2.64. The molecule has 1 aliphatic heterocycles. The molecule has 0 fully saturated rings. The number of nitrogens with one attached hydrogen (secondary N) is 1. The van der Waals surface area contributed by atoms with Gasteiger partial charge in [0.1, 0.15) is 0 Å². The Labute approximate surface area is 100 Å². The highest BCUT2D eigenvalue weighted by Crippen LogP contribution is 2.26. The number of para-hydroxylation sites is 1. The van der Waals surface area contributed by atoms with E-state index in [2.05, 4.69) is 11.4 Å². The number of thiocarbonyl (C=S) groups is 1. The van der Waals surface area contributed by atoms with Gasteiger partial charge in [-0.05, 0) is 36.7 Å². The number of benzene rings is 1. The summed E-state index contributed by atoms with van der Waals surface area (Å²) in [4.78, 5) is 13.0. The van der Waals surface area contributed by atoms with Crippen molar-refractivity contribution in [2.24, 2.45) is 0 Å². The summed E-state index contributed by atoms with van der Waals surface area (Å²) >= 11 is 5.22. The van der Waals surface area contributed by atoms with Crippen molar-refractivity contribution in [3.05, 3.63) is 29.8 Å². The lowest BCUT2D eigenvalue weighted by Crippen LogP contribution is -2.44. The summed E-state index contributed by atoms with van der Waals surface area (Å²) in [5, 5.41) is 3.17. The fourth-order valence-electron chi connectivity index (χ4n) is 1.96. The lowest BCUT2D eigenvalue weighted by molar-refractivity contribution is -0.117. The van der Waals surface area contributed by atoms with Crippen LogP contribution >= 0.6 is 12.2 Å². The fourth-order valence-corrected chi connectivity index (χ4v) is 2.30. The normalized spacial score (nSPS) is 14.2. The van der Waals surface area contributed by atoms with Crippen LogP contribution in [0, 0.1) is 0 Å². The van der Waals surface area contributed by atoms with Gasteiger partial charge in [-0.15, -0.1) is 0 Å². The van der Waals surface area contributed by atoms with Crippen LogP contribution in [0.4, 0.5) is 5.69 Å². The molecular weight excluding hydrogens is 220 g/mol. The minimum atomic E-state index is -0.118. The van der Waals surface area contributed by atoms with E-state index in [0.717, 1.165) is 25.1 Å². The summed E-state index contributed by atoms with van der Waals surface area (Å²) in [7, 11) is 0. The Morgan fingerprint density at radius 2 is 2.19 bits per heavy atom. The Hall–Kier alpha value is -1.42. The molecule has 2 rings (SSSR count). The number of fused-ring (bicyclic) bond motifs is 1. The average molecular weight is 234 g/mol. The molecule has 1 N–H and O–H groups in total. The van der Waals surface area contributed by atoms with Crippen LogP contribution in [0.1, 0.15) is 18.9 Å². The molecule has 1 amide bonds. The van der Waals surface area contributed by atoms with Crippen molar-refractivity contribution in [2.45, 2.75) is 19.8 Å². The molecule has 0 radical (unpaired) electrons. The zero-order valence-corrected chi connectivity index (χ0v) is 10.0. The number of nitrogens with zero attached hydrogens (tertiary/aromatic N) is 1. The molecular formula is C12H14N2OS. The molecule has 1 aromatic rings. The van der Waals surface area contributed by atoms with Crippen LogP contribution in [-0.4, -0.2) is 17.6 Å². The molecule has 0 bridgehead atoms. The van der Waals surface area contributed by atoms with Crippen LogP contribution in [0.5, 0.6) is 0 Å². The van der Waals surface area contributed by atoms with Crippen LogP contribution in [-0.2, 0) is 11.2 Å². The number of carbonyl (C=O) groups is 1. The number of rotatable bonds is 0. The molecule has 3 nitrogen and oxygen atoms in total. The standard InChI is InChI=1S/C12H14N2OS/c1-9(15)13-12(16)14-8-4-6-10-5-2-3-7-11(10)14/h2-3,5,7H,4,6,8H2,1H3,(H,13,15,16). The van der Waals surface area contributed by atoms with Gasteiger partial charge in [0.2, 0.25) is 5.91 Å². The summed E-state index contributed by atoms with van der Waals surface area (Å²) in [6.45, 7) is 2.35. The second-order valence-corrected chi connectivity index (χ2v) is 4.26. The Morgan fingerprint density at radius 3 is 2.94 bits per heavy atom. The third kappa shape index (κ3) is 2.22. The highest BCUT2D eigenvalue weighted by Gasteiger charge is 2.19. The summed E-state index contributed by atoms with van der Waals surface area (Å²) in [5.74, 6) is -0.118. The van der Waals surface area contributed by atoms with E-state index in [4.69, 9.17) is 12.2 Å². The van der Waals surface area contributed by atoms with Gasteiger partial charge < -0.3 is 10.2 Å². The molecule has 0 unspecified atom stereocenters. The van der Waals surface area contributed by atoms with Crippen molar-refractivity contribution in [3.63, 3.8) is 0 Å². The lowest BCUT2D eigenvalue weighted by atomic mass is 10.0. The van der Waals surface area contributed by atoms with E-state index in [-0.39, 0.29) is 5.91 Å². The van der Waals surface area contributed by atoms with Crippen molar-refractivity contribution in [1.82, 2.24) is 5.32 Å². The zero-order valence-electron chi connectivity index (χ0n) is 9.19. The van der Waals surface area contributed by atoms with Gasteiger partial charge in [-0.3, -0.25) is 4.79 Å². The fraction of sp³-hybridized carbons (Fsp3) is 0.333. The molecule has 0 aliphatic carbocycles. The van der Waals surface area contributed by atoms with Gasteiger partial charge in [-0.25, -0.2) is 0 Å². The number of amides is 1. The lowest BCUT2D eigenvalue weighted by Gasteiger charge is -2.31. The smallest absolute Gasteiger partial charge is 0.223 e. The van der Waals surface area contributed by atoms with Crippen LogP contribution < -0.4 is 10.2 Å². The second-order valence-electron chi connectivity index (χ2n) is 3.87. The molecule has 0 spiro atoms. The molecule has 84 valence electrons. The van der Waals surface area contributed by atoms with Gasteiger partial charge in [0.15, 0.2) is 5.11 Å². The van der Waals surface area contributed by atoms with Crippen molar-refractivity contribution in [3.8, 4) is 0 Å². The quantitative estimate of drug-likeness (QED) is 0.695. The van der Waals surface area contributed by atoms with Gasteiger partial charge in [-0.2, -0.15) is 0 Å². The second kappa shape index (κ2) is 4.61. The van der Waals surface area contributed by atoms with E-state index < -0.39 is 0 Å². The largest absolute Gasteiger partial charge is 0.318 e. The Kier molecular flexibility index (Phi) is 3.19. The Bertz CT molecular complexity index is 431. The summed E-state index contributed by atoms with van der Waals surface area (Å²) in [6, 6.07) is 8.18. The van der Waals surface area contributed by atoms with Crippen molar-refractivity contribution in [1.29, 1.82) is 0 Å². The van der Waals surface area contributed by atoms with E-state index >= 15 is 0 Å². The van der Waals surface area contributed by atoms with Gasteiger partial charge >= 0.3 is 0 Å². The Morgan fingerprint density at radius 1 is 1.44 bits per heavy atom. The first-order valence-electron chi connectivity index (χ1n) is 5.35. The first-order chi connectivity index (χ1) is 7.68. The SMILES string of the molecule is CC(=O)NC(=S)N1CCCc2ccccc21. The van der Waals surface area contributed by atoms with Crippen molar-refractivity contribution >= 4 is 28.9 Å². The number of hydrogen-bond donors (Lipinski definition) is 1. The molecule has 1 aliphatic rings. The van der Waals surface area contributed by atoms with Crippen molar-refractivity contribution < 1.29 is 4.79 Å². The molecule has 0 saturated heterocycles. The van der Waals surface area contributed by atoms with Gasteiger partial charge in [0.05, 0.1) is 0 Å². The van der Waals surface area contributed by atoms with Gasteiger partial charge in [-0.1, -0.05) is 18.2 Å². The molecule has 0 saturated carbocycles. The zero-order chi connectivity index (χ0) is 11.5. The van der Waals surface area contributed by atoms with E-state index in [1.54, 1.807) is 0 Å². The molecule has 4 heteroatoms. The highest BCUT2D eigenvalue weighted by molar-refractivity contribution is 7.80. The number of carbonyl (C=O) groups excluding carboxylic acids is 1. The molecule has 1 heterocycles. The minimum absolute atomic E-state index is 0.118. The molecule has 0 atom stereocenters. The third-order valence-corrected chi connectivity index (χ3v) is 2.96. The Balaban J connectivity index is 2.24. The van der Waals surface area contributed by atoms with Crippen LogP contribution in [0.25, 0.3) is 0 Å². The number of anilines is 1. The van der Waals surface area contributed by atoms with E-state index in [9.17, 15) is 4.79 Å². The topological polar surface area (TPSA) is 32.3 Å². The predicted octanol–water partition coefficient (Wildman–Crippen LogP) is 1.86. The maximum atomic E-state index is 11.0. The van der Waals surface area contributed by atoms with Crippen LogP contribution in [0.3, 0.4) is 0 Å². The molecule has 16 heavy (non-hydrogen) atoms. The average Bonchev–Trinajstić information content (AvgIpc) is 2.27. The summed E-state index contributed by atoms with van der Waals surface area (Å²) in [6.07, 6.45) is 2.14. The first kappa shape index (κ1) is 11.1. The number of aryl methyl sites for hydroxylation is 1. The monoisotopic (exact) mass is 234 g/mol. The van der Waals surface area contributed by atoms with Crippen LogP contribution in [0.15, 0.2) is 24.3 Å². The van der Waals surface area contributed by atoms with Gasteiger partial charge in [0.25, 0.3) is 0 Å². The maximum absolute atomic E-state index is 11.0. The summed E-state index contributed by atoms with van der Waals surface area (Å²) in [5.41, 5.74) is 2.41. The number of hydrogen-bond acceptors (Lipinski definition) is 2. The minimum Gasteiger partial charge on any atom is -0.318 e. The predicted molar refractivity (Wildman–Crippen MR) is 68.5 cm³/mol. The molecule has 0 aromatic heterocycles. The first-order valence-corrected chi connectivity index (χ1v) is 5.76. The van der Waals surface area contributed by atoms with E-state index in [0.29, 0.717) is 5.11 Å². The van der Waals surface area contributed by atoms with Gasteiger partial charge in [0, 0.05) is 19.2 Å². The van der Waals surface area contributed by atoms with E-state index in [1.807, 2.05) is 23.1 Å². The van der Waals surface area contributed by atoms with E-state index in [1.165, 1.54) is 12.5 Å². The molecule has 1 aromatic carbocycles. The van der Waals surface area contributed by atoms with Crippen molar-refractivity contribution in [2.75, 3.05) is 11.4 Å².